The first-order chi connectivity index (χ1) is 23.0. The maximum absolute atomic E-state index is 12.6. The van der Waals surface area contributed by atoms with Gasteiger partial charge in [0.05, 0.1) is 27.2 Å². The number of hydrogen-bond acceptors (Lipinski definition) is 8. The maximum Gasteiger partial charge on any atom is 0.410 e. The molecule has 0 saturated carbocycles. The van der Waals surface area contributed by atoms with E-state index in [9.17, 15) is 4.79 Å². The summed E-state index contributed by atoms with van der Waals surface area (Å²) in [4.78, 5) is 19.0. The molecule has 3 aromatic rings. The molecule has 3 aromatic carbocycles. The van der Waals surface area contributed by atoms with Crippen LogP contribution < -0.4 is 19.5 Å². The molecule has 0 spiro atoms. The summed E-state index contributed by atoms with van der Waals surface area (Å²) in [5.74, 6) is 2.59. The van der Waals surface area contributed by atoms with E-state index in [1.165, 1.54) is 11.1 Å². The first-order valence-corrected chi connectivity index (χ1v) is 16.5. The van der Waals surface area contributed by atoms with Gasteiger partial charge in [-0.25, -0.2) is 4.79 Å². The summed E-state index contributed by atoms with van der Waals surface area (Å²) in [6.45, 7) is 19.5. The Morgan fingerprint density at radius 3 is 1.88 bits per heavy atom. The van der Waals surface area contributed by atoms with E-state index in [4.69, 9.17) is 18.9 Å². The predicted molar refractivity (Wildman–Crippen MR) is 193 cm³/mol. The van der Waals surface area contributed by atoms with E-state index in [-0.39, 0.29) is 12.0 Å². The Kier molecular flexibility index (Phi) is 12.8. The molecular weight excluding hydrogens is 604 g/mol. The lowest BCUT2D eigenvalue weighted by molar-refractivity contribution is 0.0151. The Labute approximate surface area is 286 Å². The second-order valence-electron chi connectivity index (χ2n) is 13.1. The van der Waals surface area contributed by atoms with Crippen LogP contribution in [0.4, 0.5) is 10.5 Å². The molecule has 0 unspecified atom stereocenters. The standard InChI is InChI=1S/C39H52N4O5/c1-29(27-41-21-23-42(24-22-41)38(44)48-39(3,4)5)28-43(30(2)40-33-25-35(45-6)37(47-8)36(26-33)46-7)20-19-34(31-15-11-9-12-16-31)32-17-13-10-14-18-32/h9-18,25-26,34,40H,1-2,19-24,27-28H2,3-8H3. The van der Waals surface area contributed by atoms with Gasteiger partial charge < -0.3 is 34.1 Å². The van der Waals surface area contributed by atoms with Gasteiger partial charge in [-0.05, 0) is 43.9 Å². The Balaban J connectivity index is 1.50. The van der Waals surface area contributed by atoms with Gasteiger partial charge in [0.15, 0.2) is 11.5 Å². The third-order valence-corrected chi connectivity index (χ3v) is 8.31. The molecule has 1 aliphatic heterocycles. The summed E-state index contributed by atoms with van der Waals surface area (Å²) >= 11 is 0. The molecule has 0 radical (unpaired) electrons. The lowest BCUT2D eigenvalue weighted by atomic mass is 9.88. The van der Waals surface area contributed by atoms with Crippen molar-refractivity contribution in [3.8, 4) is 17.2 Å². The summed E-state index contributed by atoms with van der Waals surface area (Å²) < 4.78 is 22.3. The van der Waals surface area contributed by atoms with Crippen molar-refractivity contribution in [1.82, 2.24) is 14.7 Å². The van der Waals surface area contributed by atoms with Crippen molar-refractivity contribution in [2.75, 3.05) is 72.5 Å². The molecular formula is C39H52N4O5. The Morgan fingerprint density at radius 1 is 0.854 bits per heavy atom. The summed E-state index contributed by atoms with van der Waals surface area (Å²) in [6.07, 6.45) is 0.610. The summed E-state index contributed by atoms with van der Waals surface area (Å²) in [7, 11) is 4.80. The molecule has 258 valence electrons. The zero-order valence-corrected chi connectivity index (χ0v) is 29.5. The van der Waals surface area contributed by atoms with E-state index in [0.717, 1.165) is 49.7 Å². The monoisotopic (exact) mass is 656 g/mol. The smallest absolute Gasteiger partial charge is 0.410 e. The van der Waals surface area contributed by atoms with Crippen molar-refractivity contribution < 1.29 is 23.7 Å². The highest BCUT2D eigenvalue weighted by molar-refractivity contribution is 5.68. The number of rotatable bonds is 15. The summed E-state index contributed by atoms with van der Waals surface area (Å²) in [6, 6.07) is 25.0. The van der Waals surface area contributed by atoms with Crippen LogP contribution >= 0.6 is 0 Å². The molecule has 1 fully saturated rings. The van der Waals surface area contributed by atoms with Crippen LogP contribution in [0.3, 0.4) is 0 Å². The number of nitrogens with one attached hydrogen (secondary N) is 1. The Morgan fingerprint density at radius 2 is 1.40 bits per heavy atom. The van der Waals surface area contributed by atoms with Gasteiger partial charge in [0.1, 0.15) is 5.60 Å². The van der Waals surface area contributed by atoms with Gasteiger partial charge in [-0.2, -0.15) is 0 Å². The highest BCUT2D eigenvalue weighted by Gasteiger charge is 2.26. The van der Waals surface area contributed by atoms with Crippen LogP contribution in [0.25, 0.3) is 0 Å². The number of piperazine rings is 1. The van der Waals surface area contributed by atoms with Gasteiger partial charge in [0.2, 0.25) is 5.75 Å². The second-order valence-corrected chi connectivity index (χ2v) is 13.1. The maximum atomic E-state index is 12.6. The number of amides is 1. The molecule has 0 aliphatic carbocycles. The molecule has 1 aliphatic rings. The number of carbonyl (C=O) groups is 1. The molecule has 1 amide bonds. The number of nitrogens with zero attached hydrogens (tertiary/aromatic N) is 3. The van der Waals surface area contributed by atoms with E-state index in [2.05, 4.69) is 88.9 Å². The molecule has 1 saturated heterocycles. The van der Waals surface area contributed by atoms with Crippen molar-refractivity contribution in [2.24, 2.45) is 0 Å². The highest BCUT2D eigenvalue weighted by atomic mass is 16.6. The number of ether oxygens (including phenoxy) is 4. The van der Waals surface area contributed by atoms with E-state index in [1.54, 1.807) is 26.2 Å². The molecule has 48 heavy (non-hydrogen) atoms. The van der Waals surface area contributed by atoms with Gasteiger partial charge in [0, 0.05) is 69.6 Å². The molecule has 0 bridgehead atoms. The van der Waals surface area contributed by atoms with Gasteiger partial charge in [-0.1, -0.05) is 73.8 Å². The quantitative estimate of drug-likeness (QED) is 0.172. The average Bonchev–Trinajstić information content (AvgIpc) is 3.07. The SMILES string of the molecule is C=C(CN1CCN(C(=O)OC(C)(C)C)CC1)CN(CCC(c1ccccc1)c1ccccc1)C(=C)Nc1cc(OC)c(OC)c(OC)c1. The third-order valence-electron chi connectivity index (χ3n) is 8.31. The topological polar surface area (TPSA) is 75.7 Å². The second kappa shape index (κ2) is 17.0. The molecule has 4 rings (SSSR count). The lowest BCUT2D eigenvalue weighted by Crippen LogP contribution is -2.50. The highest BCUT2D eigenvalue weighted by Crippen LogP contribution is 2.40. The average molecular weight is 657 g/mol. The normalized spacial score (nSPS) is 13.5. The van der Waals surface area contributed by atoms with Crippen LogP contribution in [-0.2, 0) is 4.74 Å². The number of benzene rings is 3. The molecule has 9 heteroatoms. The van der Waals surface area contributed by atoms with Crippen LogP contribution in [0.1, 0.15) is 44.2 Å². The van der Waals surface area contributed by atoms with E-state index in [1.807, 2.05) is 32.9 Å². The number of hydrogen-bond donors (Lipinski definition) is 1. The van der Waals surface area contributed by atoms with Crippen molar-refractivity contribution in [2.45, 2.75) is 38.7 Å². The first kappa shape index (κ1) is 36.2. The summed E-state index contributed by atoms with van der Waals surface area (Å²) in [5, 5.41) is 3.49. The summed E-state index contributed by atoms with van der Waals surface area (Å²) in [5.41, 5.74) is 3.86. The van der Waals surface area contributed by atoms with E-state index in [0.29, 0.717) is 36.9 Å². The van der Waals surface area contributed by atoms with Crippen LogP contribution in [0.15, 0.2) is 97.3 Å². The Hall–Kier alpha value is -4.63. The molecule has 1 N–H and O–H groups in total. The van der Waals surface area contributed by atoms with Gasteiger partial charge in [-0.15, -0.1) is 0 Å². The van der Waals surface area contributed by atoms with Crippen molar-refractivity contribution in [1.29, 1.82) is 0 Å². The first-order valence-electron chi connectivity index (χ1n) is 16.5. The number of methoxy groups -OCH3 is 3. The fraction of sp³-hybridized carbons (Fsp3) is 0.410. The molecule has 0 aromatic heterocycles. The fourth-order valence-corrected chi connectivity index (χ4v) is 5.94. The predicted octanol–water partition coefficient (Wildman–Crippen LogP) is 7.23. The van der Waals surface area contributed by atoms with E-state index < -0.39 is 5.60 Å². The zero-order valence-electron chi connectivity index (χ0n) is 29.5. The van der Waals surface area contributed by atoms with Gasteiger partial charge >= 0.3 is 6.09 Å². The van der Waals surface area contributed by atoms with Crippen molar-refractivity contribution in [3.63, 3.8) is 0 Å². The van der Waals surface area contributed by atoms with Gasteiger partial charge in [0.25, 0.3) is 0 Å². The fourth-order valence-electron chi connectivity index (χ4n) is 5.94. The van der Waals surface area contributed by atoms with Gasteiger partial charge in [-0.3, -0.25) is 4.90 Å². The van der Waals surface area contributed by atoms with E-state index >= 15 is 0 Å². The minimum absolute atomic E-state index is 0.207. The zero-order chi connectivity index (χ0) is 34.7. The minimum atomic E-state index is -0.509. The van der Waals surface area contributed by atoms with Crippen LogP contribution in [0, 0.1) is 0 Å². The van der Waals surface area contributed by atoms with Crippen molar-refractivity contribution >= 4 is 11.8 Å². The molecule has 1 heterocycles. The minimum Gasteiger partial charge on any atom is -0.493 e. The molecule has 9 nitrogen and oxygen atoms in total. The number of anilines is 1. The van der Waals surface area contributed by atoms with Crippen LogP contribution in [0.2, 0.25) is 0 Å². The molecule has 0 atom stereocenters. The third kappa shape index (κ3) is 10.2. The van der Waals surface area contributed by atoms with Crippen LogP contribution in [-0.4, -0.2) is 93.5 Å². The van der Waals surface area contributed by atoms with Crippen molar-refractivity contribution in [3.05, 3.63) is 108 Å². The van der Waals surface area contributed by atoms with Crippen LogP contribution in [0.5, 0.6) is 17.2 Å². The Bertz CT molecular complexity index is 1430. The lowest BCUT2D eigenvalue weighted by Gasteiger charge is -2.36. The number of carbonyl (C=O) groups excluding carboxylic acids is 1. The largest absolute Gasteiger partial charge is 0.493 e.